The van der Waals surface area contributed by atoms with Crippen LogP contribution in [0.15, 0.2) is 17.8 Å². The van der Waals surface area contributed by atoms with Crippen molar-refractivity contribution in [3.05, 3.63) is 17.8 Å². The Morgan fingerprint density at radius 1 is 1.53 bits per heavy atom. The van der Waals surface area contributed by atoms with Crippen LogP contribution in [0.3, 0.4) is 0 Å². The lowest BCUT2D eigenvalue weighted by Gasteiger charge is -2.28. The van der Waals surface area contributed by atoms with Gasteiger partial charge in [0, 0.05) is 19.1 Å². The molecule has 3 heterocycles. The van der Waals surface area contributed by atoms with Gasteiger partial charge >= 0.3 is 0 Å². The summed E-state index contributed by atoms with van der Waals surface area (Å²) in [7, 11) is 0. The Balaban J connectivity index is 2.02. The average molecular weight is 248 g/mol. The van der Waals surface area contributed by atoms with Gasteiger partial charge in [0.15, 0.2) is 0 Å². The average Bonchev–Trinajstić information content (AvgIpc) is 3.00. The zero-order valence-corrected chi connectivity index (χ0v) is 10.7. The van der Waals surface area contributed by atoms with E-state index >= 15 is 0 Å². The second kappa shape index (κ2) is 4.58. The molecule has 0 bridgehead atoms. The summed E-state index contributed by atoms with van der Waals surface area (Å²) in [4.78, 5) is 12.3. The smallest absolute Gasteiger partial charge is 0.141 e. The third-order valence-corrected chi connectivity index (χ3v) is 4.15. The highest BCUT2D eigenvalue weighted by Gasteiger charge is 2.23. The van der Waals surface area contributed by atoms with Gasteiger partial charge in [0.2, 0.25) is 0 Å². The van der Waals surface area contributed by atoms with E-state index in [1.165, 1.54) is 11.8 Å². The van der Waals surface area contributed by atoms with Crippen LogP contribution in [-0.2, 0) is 0 Å². The standard InChI is InChI=1S/C12H16N4S/c1-2-16(9-3-5-13-7-9)11-10-4-6-17-12(10)15-8-14-11/h4,6,8-9,13H,2-3,5,7H2,1H3. The van der Waals surface area contributed by atoms with Gasteiger partial charge in [0.25, 0.3) is 0 Å². The van der Waals surface area contributed by atoms with E-state index in [0.717, 1.165) is 30.3 Å². The number of hydrogen-bond donors (Lipinski definition) is 1. The minimum atomic E-state index is 0.568. The van der Waals surface area contributed by atoms with E-state index < -0.39 is 0 Å². The topological polar surface area (TPSA) is 41.1 Å². The second-order valence-electron chi connectivity index (χ2n) is 4.27. The first kappa shape index (κ1) is 10.9. The zero-order valence-electron chi connectivity index (χ0n) is 9.89. The Hall–Kier alpha value is -1.20. The van der Waals surface area contributed by atoms with E-state index in [0.29, 0.717) is 6.04 Å². The maximum Gasteiger partial charge on any atom is 0.141 e. The Bertz CT molecular complexity index is 504. The number of nitrogens with one attached hydrogen (secondary N) is 1. The molecule has 1 atom stereocenters. The maximum atomic E-state index is 4.49. The number of thiophene rings is 1. The van der Waals surface area contributed by atoms with Crippen LogP contribution >= 0.6 is 11.3 Å². The molecule has 0 saturated carbocycles. The summed E-state index contributed by atoms with van der Waals surface area (Å²) in [6.45, 7) is 5.36. The lowest BCUT2D eigenvalue weighted by molar-refractivity contribution is 0.642. The maximum absolute atomic E-state index is 4.49. The Morgan fingerprint density at radius 3 is 3.24 bits per heavy atom. The molecule has 1 aliphatic heterocycles. The molecular weight excluding hydrogens is 232 g/mol. The number of anilines is 1. The fraction of sp³-hybridized carbons (Fsp3) is 0.500. The summed E-state index contributed by atoms with van der Waals surface area (Å²) >= 11 is 1.68. The monoisotopic (exact) mass is 248 g/mol. The van der Waals surface area contributed by atoms with E-state index in [2.05, 4.69) is 38.6 Å². The fourth-order valence-corrected chi connectivity index (χ4v) is 3.22. The van der Waals surface area contributed by atoms with Crippen LogP contribution in [0, 0.1) is 0 Å². The van der Waals surface area contributed by atoms with Crippen molar-refractivity contribution in [1.29, 1.82) is 0 Å². The molecule has 1 saturated heterocycles. The minimum Gasteiger partial charge on any atom is -0.352 e. The van der Waals surface area contributed by atoms with Crippen LogP contribution in [0.1, 0.15) is 13.3 Å². The van der Waals surface area contributed by atoms with Gasteiger partial charge in [-0.05, 0) is 31.3 Å². The highest BCUT2D eigenvalue weighted by atomic mass is 32.1. The molecule has 90 valence electrons. The first-order valence-electron chi connectivity index (χ1n) is 6.05. The van der Waals surface area contributed by atoms with Crippen molar-refractivity contribution in [2.75, 3.05) is 24.5 Å². The first-order valence-corrected chi connectivity index (χ1v) is 6.93. The van der Waals surface area contributed by atoms with Crippen molar-refractivity contribution in [2.45, 2.75) is 19.4 Å². The van der Waals surface area contributed by atoms with E-state index in [1.807, 2.05) is 0 Å². The van der Waals surface area contributed by atoms with E-state index in [1.54, 1.807) is 17.7 Å². The van der Waals surface area contributed by atoms with Crippen molar-refractivity contribution in [3.63, 3.8) is 0 Å². The summed E-state index contributed by atoms with van der Waals surface area (Å²) in [5.74, 6) is 1.09. The normalized spacial score (nSPS) is 19.9. The van der Waals surface area contributed by atoms with Gasteiger partial charge in [0.05, 0.1) is 5.39 Å². The molecular formula is C12H16N4S. The van der Waals surface area contributed by atoms with Crippen molar-refractivity contribution in [2.24, 2.45) is 0 Å². The number of hydrogen-bond acceptors (Lipinski definition) is 5. The molecule has 0 aliphatic carbocycles. The number of likely N-dealkylation sites (N-methyl/N-ethyl adjacent to an activating group) is 1. The summed E-state index contributed by atoms with van der Waals surface area (Å²) < 4.78 is 0. The van der Waals surface area contributed by atoms with E-state index in [-0.39, 0.29) is 0 Å². The van der Waals surface area contributed by atoms with E-state index in [4.69, 9.17) is 0 Å². The Morgan fingerprint density at radius 2 is 2.47 bits per heavy atom. The number of fused-ring (bicyclic) bond motifs is 1. The van der Waals surface area contributed by atoms with Crippen LogP contribution in [0.5, 0.6) is 0 Å². The SMILES string of the molecule is CCN(c1ncnc2sccc12)C1CCNC1. The summed E-state index contributed by atoms with van der Waals surface area (Å²) in [5, 5.41) is 6.69. The Kier molecular flexibility index (Phi) is 2.94. The molecule has 3 rings (SSSR count). The summed E-state index contributed by atoms with van der Waals surface area (Å²) in [5.41, 5.74) is 0. The second-order valence-corrected chi connectivity index (χ2v) is 5.16. The summed E-state index contributed by atoms with van der Waals surface area (Å²) in [6.07, 6.45) is 2.88. The van der Waals surface area contributed by atoms with Gasteiger partial charge in [-0.15, -0.1) is 11.3 Å². The number of rotatable bonds is 3. The molecule has 4 nitrogen and oxygen atoms in total. The predicted molar refractivity (Wildman–Crippen MR) is 71.7 cm³/mol. The molecule has 17 heavy (non-hydrogen) atoms. The zero-order chi connectivity index (χ0) is 11.7. The van der Waals surface area contributed by atoms with Crippen molar-refractivity contribution >= 4 is 27.4 Å². The molecule has 2 aromatic heterocycles. The Labute approximate surface area is 105 Å². The largest absolute Gasteiger partial charge is 0.352 e. The number of nitrogens with zero attached hydrogens (tertiary/aromatic N) is 3. The molecule has 0 spiro atoms. The van der Waals surface area contributed by atoms with Crippen LogP contribution in [0.2, 0.25) is 0 Å². The molecule has 1 N–H and O–H groups in total. The van der Waals surface area contributed by atoms with E-state index in [9.17, 15) is 0 Å². The fourth-order valence-electron chi connectivity index (χ4n) is 2.49. The molecule has 0 aromatic carbocycles. The van der Waals surface area contributed by atoms with Crippen LogP contribution in [0.25, 0.3) is 10.2 Å². The van der Waals surface area contributed by atoms with Gasteiger partial charge < -0.3 is 10.2 Å². The number of aromatic nitrogens is 2. The molecule has 0 radical (unpaired) electrons. The van der Waals surface area contributed by atoms with Crippen LogP contribution in [-0.4, -0.2) is 35.6 Å². The molecule has 1 aliphatic rings. The molecule has 5 heteroatoms. The summed E-state index contributed by atoms with van der Waals surface area (Å²) in [6, 6.07) is 2.69. The van der Waals surface area contributed by atoms with Gasteiger partial charge in [0.1, 0.15) is 17.0 Å². The van der Waals surface area contributed by atoms with Crippen molar-refractivity contribution in [3.8, 4) is 0 Å². The quantitative estimate of drug-likeness (QED) is 0.900. The van der Waals surface area contributed by atoms with Crippen molar-refractivity contribution < 1.29 is 0 Å². The molecule has 1 fully saturated rings. The highest BCUT2D eigenvalue weighted by Crippen LogP contribution is 2.28. The van der Waals surface area contributed by atoms with Gasteiger partial charge in [-0.25, -0.2) is 9.97 Å². The van der Waals surface area contributed by atoms with Crippen LogP contribution in [0.4, 0.5) is 5.82 Å². The third-order valence-electron chi connectivity index (χ3n) is 3.33. The van der Waals surface area contributed by atoms with Crippen LogP contribution < -0.4 is 10.2 Å². The lowest BCUT2D eigenvalue weighted by atomic mass is 10.2. The minimum absolute atomic E-state index is 0.568. The lowest BCUT2D eigenvalue weighted by Crippen LogP contribution is -2.37. The molecule has 0 amide bonds. The predicted octanol–water partition coefficient (Wildman–Crippen LogP) is 1.88. The van der Waals surface area contributed by atoms with Gasteiger partial charge in [-0.3, -0.25) is 0 Å². The molecule has 2 aromatic rings. The first-order chi connectivity index (χ1) is 8.40. The van der Waals surface area contributed by atoms with Gasteiger partial charge in [-0.2, -0.15) is 0 Å². The van der Waals surface area contributed by atoms with Crippen molar-refractivity contribution in [1.82, 2.24) is 15.3 Å². The molecule has 1 unspecified atom stereocenters. The van der Waals surface area contributed by atoms with Gasteiger partial charge in [-0.1, -0.05) is 0 Å². The third kappa shape index (κ3) is 1.89. The highest BCUT2D eigenvalue weighted by molar-refractivity contribution is 7.16.